The van der Waals surface area contributed by atoms with Crippen LogP contribution in [-0.4, -0.2) is 22.7 Å². The summed E-state index contributed by atoms with van der Waals surface area (Å²) in [6.45, 7) is 2.71. The van der Waals surface area contributed by atoms with Gasteiger partial charge in [-0.1, -0.05) is 0 Å². The van der Waals surface area contributed by atoms with Crippen LogP contribution in [0, 0.1) is 6.92 Å². The summed E-state index contributed by atoms with van der Waals surface area (Å²) in [5.74, 6) is 0.807. The maximum absolute atomic E-state index is 11.8. The highest BCUT2D eigenvalue weighted by atomic mass is 19.4. The lowest BCUT2D eigenvalue weighted by molar-refractivity contribution is -0.135. The molecule has 1 aromatic rings. The van der Waals surface area contributed by atoms with Crippen molar-refractivity contribution in [3.63, 3.8) is 0 Å². The van der Waals surface area contributed by atoms with E-state index in [0.29, 0.717) is 13.1 Å². The summed E-state index contributed by atoms with van der Waals surface area (Å²) in [4.78, 5) is 6.97. The van der Waals surface area contributed by atoms with E-state index >= 15 is 0 Å². The first-order valence-electron chi connectivity index (χ1n) is 4.75. The summed E-state index contributed by atoms with van der Waals surface area (Å²) in [5, 5.41) is 2.92. The van der Waals surface area contributed by atoms with Gasteiger partial charge in [0.25, 0.3) is 0 Å². The molecule has 1 heterocycles. The maximum atomic E-state index is 11.8. The van der Waals surface area contributed by atoms with Crippen LogP contribution >= 0.6 is 0 Å². The van der Waals surface area contributed by atoms with Gasteiger partial charge in [-0.15, -0.1) is 0 Å². The molecule has 3 nitrogen and oxygen atoms in total. The molecule has 0 aliphatic carbocycles. The SMILES string of the molecule is Cc1ncc(CNCCCC(F)(F)F)[nH]1. The van der Waals surface area contributed by atoms with Crippen LogP contribution in [0.4, 0.5) is 13.2 Å². The number of aryl methyl sites for hydroxylation is 1. The fraction of sp³-hybridized carbons (Fsp3) is 0.667. The third kappa shape index (κ3) is 5.41. The van der Waals surface area contributed by atoms with Crippen molar-refractivity contribution in [2.75, 3.05) is 6.54 Å². The number of hydrogen-bond acceptors (Lipinski definition) is 2. The van der Waals surface area contributed by atoms with Crippen molar-refractivity contribution in [2.45, 2.75) is 32.5 Å². The maximum Gasteiger partial charge on any atom is 0.389 e. The molecule has 2 N–H and O–H groups in total. The number of halogens is 3. The molecule has 0 aliphatic rings. The normalized spacial score (nSPS) is 12.0. The molecule has 6 heteroatoms. The average molecular weight is 221 g/mol. The highest BCUT2D eigenvalue weighted by molar-refractivity contribution is 4.98. The van der Waals surface area contributed by atoms with Gasteiger partial charge in [0.05, 0.1) is 0 Å². The average Bonchev–Trinajstić information content (AvgIpc) is 2.49. The molecule has 0 bridgehead atoms. The minimum Gasteiger partial charge on any atom is -0.345 e. The zero-order valence-corrected chi connectivity index (χ0v) is 8.49. The molecule has 0 saturated heterocycles. The molecule has 0 radical (unpaired) electrons. The fourth-order valence-electron chi connectivity index (χ4n) is 1.20. The quantitative estimate of drug-likeness (QED) is 0.748. The Morgan fingerprint density at radius 3 is 2.73 bits per heavy atom. The highest BCUT2D eigenvalue weighted by Gasteiger charge is 2.25. The molecule has 15 heavy (non-hydrogen) atoms. The number of hydrogen-bond donors (Lipinski definition) is 2. The van der Waals surface area contributed by atoms with Gasteiger partial charge in [0.1, 0.15) is 5.82 Å². The van der Waals surface area contributed by atoms with E-state index in [4.69, 9.17) is 0 Å². The monoisotopic (exact) mass is 221 g/mol. The predicted molar refractivity (Wildman–Crippen MR) is 50.3 cm³/mol. The van der Waals surface area contributed by atoms with Crippen molar-refractivity contribution in [2.24, 2.45) is 0 Å². The second kappa shape index (κ2) is 5.16. The summed E-state index contributed by atoms with van der Waals surface area (Å²) in [6, 6.07) is 0. The zero-order chi connectivity index (χ0) is 11.3. The molecule has 0 unspecified atom stereocenters. The van der Waals surface area contributed by atoms with Crippen molar-refractivity contribution in [3.05, 3.63) is 17.7 Å². The van der Waals surface area contributed by atoms with Crippen LogP contribution in [0.1, 0.15) is 24.4 Å². The van der Waals surface area contributed by atoms with Crippen molar-refractivity contribution in [1.82, 2.24) is 15.3 Å². The molecule has 1 rings (SSSR count). The van der Waals surface area contributed by atoms with Crippen molar-refractivity contribution in [1.29, 1.82) is 0 Å². The topological polar surface area (TPSA) is 40.7 Å². The lowest BCUT2D eigenvalue weighted by atomic mass is 10.3. The summed E-state index contributed by atoms with van der Waals surface area (Å²) in [6.07, 6.45) is -3.00. The van der Waals surface area contributed by atoms with Crippen LogP contribution in [0.5, 0.6) is 0 Å². The van der Waals surface area contributed by atoms with E-state index in [0.717, 1.165) is 11.5 Å². The van der Waals surface area contributed by atoms with Gasteiger partial charge in [-0.05, 0) is 19.9 Å². The standard InChI is InChI=1S/C9H14F3N3/c1-7-14-6-8(15-7)5-13-4-2-3-9(10,11)12/h6,13H,2-5H2,1H3,(H,14,15). The first kappa shape index (κ1) is 12.0. The van der Waals surface area contributed by atoms with E-state index in [2.05, 4.69) is 15.3 Å². The number of rotatable bonds is 5. The van der Waals surface area contributed by atoms with Gasteiger partial charge in [0, 0.05) is 24.9 Å². The molecular formula is C9H14F3N3. The number of alkyl halides is 3. The second-order valence-electron chi connectivity index (χ2n) is 3.39. The Balaban J connectivity index is 2.07. The minimum absolute atomic E-state index is 0.108. The number of nitrogens with one attached hydrogen (secondary N) is 2. The van der Waals surface area contributed by atoms with Crippen molar-refractivity contribution < 1.29 is 13.2 Å². The fourth-order valence-corrected chi connectivity index (χ4v) is 1.20. The summed E-state index contributed by atoms with van der Waals surface area (Å²) in [7, 11) is 0. The molecule has 86 valence electrons. The summed E-state index contributed by atoms with van der Waals surface area (Å²) >= 11 is 0. The number of aromatic amines is 1. The minimum atomic E-state index is -4.05. The number of H-pyrrole nitrogens is 1. The van der Waals surface area contributed by atoms with E-state index in [1.807, 2.05) is 6.92 Å². The van der Waals surface area contributed by atoms with Crippen LogP contribution in [-0.2, 0) is 6.54 Å². The Labute approximate surface area is 86.1 Å². The van der Waals surface area contributed by atoms with Gasteiger partial charge in [0.2, 0.25) is 0 Å². The van der Waals surface area contributed by atoms with Crippen molar-refractivity contribution >= 4 is 0 Å². The molecule has 0 spiro atoms. The van der Waals surface area contributed by atoms with Gasteiger partial charge in [-0.2, -0.15) is 13.2 Å². The van der Waals surface area contributed by atoms with Gasteiger partial charge < -0.3 is 10.3 Å². The van der Waals surface area contributed by atoms with Crippen LogP contribution in [0.2, 0.25) is 0 Å². The molecule has 0 aromatic carbocycles. The number of aromatic nitrogens is 2. The molecule has 0 aliphatic heterocycles. The first-order chi connectivity index (χ1) is 6.97. The van der Waals surface area contributed by atoms with E-state index in [9.17, 15) is 13.2 Å². The van der Waals surface area contributed by atoms with Crippen LogP contribution in [0.3, 0.4) is 0 Å². The second-order valence-corrected chi connectivity index (χ2v) is 3.39. The molecule has 0 fully saturated rings. The van der Waals surface area contributed by atoms with Crippen molar-refractivity contribution in [3.8, 4) is 0 Å². The Hall–Kier alpha value is -1.04. The Bertz CT molecular complexity index is 293. The summed E-state index contributed by atoms with van der Waals surface area (Å²) in [5.41, 5.74) is 0.888. The Kier molecular flexibility index (Phi) is 4.14. The molecule has 0 saturated carbocycles. The smallest absolute Gasteiger partial charge is 0.345 e. The van der Waals surface area contributed by atoms with Crippen LogP contribution in [0.15, 0.2) is 6.20 Å². The Morgan fingerprint density at radius 2 is 2.20 bits per heavy atom. The predicted octanol–water partition coefficient (Wildman–Crippen LogP) is 2.15. The van der Waals surface area contributed by atoms with Crippen LogP contribution in [0.25, 0.3) is 0 Å². The third-order valence-electron chi connectivity index (χ3n) is 1.88. The molecule has 1 aromatic heterocycles. The van der Waals surface area contributed by atoms with E-state index in [-0.39, 0.29) is 6.42 Å². The Morgan fingerprint density at radius 1 is 1.47 bits per heavy atom. The van der Waals surface area contributed by atoms with Gasteiger partial charge in [-0.25, -0.2) is 4.98 Å². The lowest BCUT2D eigenvalue weighted by Gasteiger charge is -2.06. The van der Waals surface area contributed by atoms with E-state index < -0.39 is 12.6 Å². The van der Waals surface area contributed by atoms with Crippen LogP contribution < -0.4 is 5.32 Å². The van der Waals surface area contributed by atoms with E-state index in [1.165, 1.54) is 0 Å². The molecule has 0 atom stereocenters. The number of nitrogens with zero attached hydrogens (tertiary/aromatic N) is 1. The largest absolute Gasteiger partial charge is 0.389 e. The third-order valence-corrected chi connectivity index (χ3v) is 1.88. The lowest BCUT2D eigenvalue weighted by Crippen LogP contribution is -2.17. The van der Waals surface area contributed by atoms with Gasteiger partial charge in [-0.3, -0.25) is 0 Å². The molecule has 0 amide bonds. The van der Waals surface area contributed by atoms with Gasteiger partial charge in [0.15, 0.2) is 0 Å². The highest BCUT2D eigenvalue weighted by Crippen LogP contribution is 2.20. The first-order valence-corrected chi connectivity index (χ1v) is 4.75. The zero-order valence-electron chi connectivity index (χ0n) is 8.49. The number of imidazole rings is 1. The molecular weight excluding hydrogens is 207 g/mol. The van der Waals surface area contributed by atoms with E-state index in [1.54, 1.807) is 6.20 Å². The van der Waals surface area contributed by atoms with Gasteiger partial charge >= 0.3 is 6.18 Å². The summed E-state index contributed by atoms with van der Waals surface area (Å²) < 4.78 is 35.3.